The molecule has 1 aromatic rings. The van der Waals surface area contributed by atoms with Crippen LogP contribution >= 0.6 is 0 Å². The Balaban J connectivity index is 2.91. The van der Waals surface area contributed by atoms with Crippen LogP contribution in [0.1, 0.15) is 19.5 Å². The van der Waals surface area contributed by atoms with Crippen LogP contribution in [0.5, 0.6) is 0 Å². The van der Waals surface area contributed by atoms with Gasteiger partial charge < -0.3 is 5.32 Å². The van der Waals surface area contributed by atoms with Gasteiger partial charge in [0.2, 0.25) is 0 Å². The molecule has 0 fully saturated rings. The molecule has 5 heteroatoms. The van der Waals surface area contributed by atoms with Crippen LogP contribution in [0.2, 0.25) is 0 Å². The summed E-state index contributed by atoms with van der Waals surface area (Å²) in [5.41, 5.74) is 0.568. The number of anilines is 1. The molecular weight excluding hydrogens is 190 g/mol. The Morgan fingerprint density at radius 1 is 1.53 bits per heavy atom. The van der Waals surface area contributed by atoms with E-state index in [9.17, 15) is 0 Å². The Morgan fingerprint density at radius 3 is 2.73 bits per heavy atom. The minimum Gasteiger partial charge on any atom is -0.373 e. The van der Waals surface area contributed by atoms with E-state index in [4.69, 9.17) is 11.3 Å². The largest absolute Gasteiger partial charge is 0.373 e. The molecule has 0 aliphatic carbocycles. The van der Waals surface area contributed by atoms with Crippen LogP contribution in [0.3, 0.4) is 0 Å². The lowest BCUT2D eigenvalue weighted by Crippen LogP contribution is -2.43. The molecule has 5 nitrogen and oxygen atoms in total. The third kappa shape index (κ3) is 2.66. The normalized spacial score (nSPS) is 10.2. The summed E-state index contributed by atoms with van der Waals surface area (Å²) in [5.74, 6) is 6.69. The maximum atomic E-state index is 7.85. The first kappa shape index (κ1) is 11.5. The highest BCUT2D eigenvalue weighted by molar-refractivity contribution is 5.94. The summed E-state index contributed by atoms with van der Waals surface area (Å²) in [7, 11) is 1.79. The zero-order chi connectivity index (χ0) is 11.4. The molecule has 15 heavy (non-hydrogen) atoms. The average molecular weight is 207 g/mol. The van der Waals surface area contributed by atoms with Crippen molar-refractivity contribution in [3.8, 4) is 0 Å². The number of nitrogens with zero attached hydrogens (tertiary/aromatic N) is 2. The van der Waals surface area contributed by atoms with Crippen LogP contribution < -0.4 is 11.2 Å². The zero-order valence-electron chi connectivity index (χ0n) is 9.28. The minimum absolute atomic E-state index is 0.0811. The second-order valence-electron chi connectivity index (χ2n) is 3.51. The summed E-state index contributed by atoms with van der Waals surface area (Å²) in [6.07, 6.45) is 0. The number of pyridine rings is 1. The SMILES string of the molecule is CNc1cccc(C(=N)N(N)C(C)C)n1. The highest BCUT2D eigenvalue weighted by atomic mass is 15.4. The van der Waals surface area contributed by atoms with Gasteiger partial charge in [-0.05, 0) is 26.0 Å². The molecule has 0 unspecified atom stereocenters. The third-order valence-corrected chi connectivity index (χ3v) is 2.06. The van der Waals surface area contributed by atoms with E-state index in [1.165, 1.54) is 5.01 Å². The quantitative estimate of drug-likeness (QED) is 0.299. The van der Waals surface area contributed by atoms with E-state index in [0.29, 0.717) is 5.69 Å². The molecule has 1 heterocycles. The summed E-state index contributed by atoms with van der Waals surface area (Å²) >= 11 is 0. The van der Waals surface area contributed by atoms with E-state index < -0.39 is 0 Å². The number of nitrogens with one attached hydrogen (secondary N) is 2. The van der Waals surface area contributed by atoms with E-state index in [1.54, 1.807) is 13.1 Å². The molecule has 0 aliphatic rings. The van der Waals surface area contributed by atoms with E-state index >= 15 is 0 Å². The second-order valence-corrected chi connectivity index (χ2v) is 3.51. The Hall–Kier alpha value is -1.62. The van der Waals surface area contributed by atoms with E-state index in [0.717, 1.165) is 5.82 Å². The topological polar surface area (TPSA) is 78.0 Å². The van der Waals surface area contributed by atoms with Gasteiger partial charge in [0.05, 0.1) is 0 Å². The molecule has 1 aromatic heterocycles. The van der Waals surface area contributed by atoms with Gasteiger partial charge in [0, 0.05) is 13.1 Å². The van der Waals surface area contributed by atoms with Crippen LogP contribution in [0.4, 0.5) is 5.82 Å². The van der Waals surface area contributed by atoms with Crippen molar-refractivity contribution in [3.05, 3.63) is 23.9 Å². The fraction of sp³-hybridized carbons (Fsp3) is 0.400. The van der Waals surface area contributed by atoms with Gasteiger partial charge in [-0.25, -0.2) is 10.8 Å². The van der Waals surface area contributed by atoms with Crippen LogP contribution in [-0.2, 0) is 0 Å². The Bertz CT molecular complexity index is 347. The molecule has 0 radical (unpaired) electrons. The molecular formula is C10H17N5. The lowest BCUT2D eigenvalue weighted by Gasteiger charge is -2.22. The number of hydrogen-bond acceptors (Lipinski definition) is 4. The number of aromatic nitrogens is 1. The van der Waals surface area contributed by atoms with Crippen molar-refractivity contribution in [3.63, 3.8) is 0 Å². The molecule has 0 saturated heterocycles. The molecule has 0 aliphatic heterocycles. The maximum absolute atomic E-state index is 7.85. The van der Waals surface area contributed by atoms with Gasteiger partial charge in [0.15, 0.2) is 5.84 Å². The predicted molar refractivity (Wildman–Crippen MR) is 61.8 cm³/mol. The Morgan fingerprint density at radius 2 is 2.20 bits per heavy atom. The first-order chi connectivity index (χ1) is 7.06. The number of hydrogen-bond donors (Lipinski definition) is 3. The Labute approximate surface area is 89.8 Å². The van der Waals surface area contributed by atoms with Crippen LogP contribution in [0.15, 0.2) is 18.2 Å². The van der Waals surface area contributed by atoms with Gasteiger partial charge >= 0.3 is 0 Å². The maximum Gasteiger partial charge on any atom is 0.161 e. The fourth-order valence-corrected chi connectivity index (χ4v) is 1.10. The Kier molecular flexibility index (Phi) is 3.62. The molecule has 0 aromatic carbocycles. The molecule has 4 N–H and O–H groups in total. The number of nitrogens with two attached hydrogens (primary N) is 1. The van der Waals surface area contributed by atoms with Gasteiger partial charge in [0.25, 0.3) is 0 Å². The molecule has 1 rings (SSSR count). The highest BCUT2D eigenvalue weighted by Gasteiger charge is 2.12. The smallest absolute Gasteiger partial charge is 0.161 e. The lowest BCUT2D eigenvalue weighted by atomic mass is 10.3. The van der Waals surface area contributed by atoms with Crippen molar-refractivity contribution < 1.29 is 0 Å². The third-order valence-electron chi connectivity index (χ3n) is 2.06. The van der Waals surface area contributed by atoms with Crippen molar-refractivity contribution >= 4 is 11.7 Å². The van der Waals surface area contributed by atoms with Crippen molar-refractivity contribution in [1.82, 2.24) is 9.99 Å². The molecule has 0 atom stereocenters. The summed E-state index contributed by atoms with van der Waals surface area (Å²) in [6, 6.07) is 5.53. The monoisotopic (exact) mass is 207 g/mol. The van der Waals surface area contributed by atoms with Gasteiger partial charge in [-0.1, -0.05) is 6.07 Å². The average Bonchev–Trinajstić information content (AvgIpc) is 2.27. The first-order valence-corrected chi connectivity index (χ1v) is 4.84. The molecule has 0 spiro atoms. The van der Waals surface area contributed by atoms with Crippen molar-refractivity contribution in [2.24, 2.45) is 5.84 Å². The number of rotatable bonds is 3. The van der Waals surface area contributed by atoms with Gasteiger partial charge in [-0.15, -0.1) is 0 Å². The van der Waals surface area contributed by atoms with Gasteiger partial charge in [-0.3, -0.25) is 10.4 Å². The second kappa shape index (κ2) is 4.75. The van der Waals surface area contributed by atoms with Crippen molar-refractivity contribution in [1.29, 1.82) is 5.41 Å². The first-order valence-electron chi connectivity index (χ1n) is 4.84. The lowest BCUT2D eigenvalue weighted by molar-refractivity contribution is 0.361. The minimum atomic E-state index is 0.0811. The van der Waals surface area contributed by atoms with Crippen LogP contribution in [0, 0.1) is 5.41 Å². The highest BCUT2D eigenvalue weighted by Crippen LogP contribution is 2.06. The van der Waals surface area contributed by atoms with E-state index in [1.807, 2.05) is 26.0 Å². The van der Waals surface area contributed by atoms with Crippen LogP contribution in [-0.4, -0.2) is 28.9 Å². The van der Waals surface area contributed by atoms with Crippen LogP contribution in [0.25, 0.3) is 0 Å². The van der Waals surface area contributed by atoms with E-state index in [-0.39, 0.29) is 11.9 Å². The molecule has 0 amide bonds. The van der Waals surface area contributed by atoms with Crippen molar-refractivity contribution in [2.45, 2.75) is 19.9 Å². The summed E-state index contributed by atoms with van der Waals surface area (Å²) in [5, 5.41) is 12.2. The molecule has 82 valence electrons. The summed E-state index contributed by atoms with van der Waals surface area (Å²) < 4.78 is 0. The molecule has 0 bridgehead atoms. The number of amidine groups is 1. The predicted octanol–water partition coefficient (Wildman–Crippen LogP) is 1.03. The summed E-state index contributed by atoms with van der Waals surface area (Å²) in [4.78, 5) is 4.24. The molecule has 0 saturated carbocycles. The standard InChI is InChI=1S/C10H17N5/c1-7(2)15(12)10(11)8-5-4-6-9(13-3)14-8/h4-7,11H,12H2,1-3H3,(H,13,14). The fourth-order valence-electron chi connectivity index (χ4n) is 1.10. The number of hydrazine groups is 1. The summed E-state index contributed by atoms with van der Waals surface area (Å²) in [6.45, 7) is 3.85. The van der Waals surface area contributed by atoms with E-state index in [2.05, 4.69) is 10.3 Å². The zero-order valence-corrected chi connectivity index (χ0v) is 9.28. The van der Waals surface area contributed by atoms with Crippen molar-refractivity contribution in [2.75, 3.05) is 12.4 Å². The van der Waals surface area contributed by atoms with Gasteiger partial charge in [0.1, 0.15) is 11.5 Å². The van der Waals surface area contributed by atoms with Gasteiger partial charge in [-0.2, -0.15) is 0 Å².